The first-order valence-corrected chi connectivity index (χ1v) is 4.23. The van der Waals surface area contributed by atoms with Gasteiger partial charge in [0, 0.05) is 13.0 Å². The summed E-state index contributed by atoms with van der Waals surface area (Å²) in [5.74, 6) is 0. The van der Waals surface area contributed by atoms with Crippen LogP contribution in [0.4, 0.5) is 0 Å². The van der Waals surface area contributed by atoms with Gasteiger partial charge in [0.05, 0.1) is 12.0 Å². The number of hydrogen-bond acceptors (Lipinski definition) is 3. The molecule has 11 heavy (non-hydrogen) atoms. The molecule has 3 unspecified atom stereocenters. The van der Waals surface area contributed by atoms with Gasteiger partial charge in [-0.15, -0.1) is 11.6 Å². The number of alkyl halides is 1. The maximum Gasteiger partial charge on any atom is 0.159 e. The zero-order chi connectivity index (χ0) is 8.27. The fourth-order valence-electron chi connectivity index (χ4n) is 1.12. The molecule has 0 aromatic carbocycles. The average Bonchev–Trinajstić information content (AvgIpc) is 2.32. The predicted molar refractivity (Wildman–Crippen MR) is 41.6 cm³/mol. The second-order valence-corrected chi connectivity index (χ2v) is 3.05. The molecule has 1 fully saturated rings. The normalized spacial score (nSPS) is 37.9. The van der Waals surface area contributed by atoms with E-state index < -0.39 is 0 Å². The van der Waals surface area contributed by atoms with E-state index in [0.29, 0.717) is 13.0 Å². The maximum atomic E-state index is 8.76. The summed E-state index contributed by atoms with van der Waals surface area (Å²) in [6.07, 6.45) is 0.188. The molecule has 0 amide bonds. The van der Waals surface area contributed by atoms with Crippen LogP contribution in [0.15, 0.2) is 0 Å². The summed E-state index contributed by atoms with van der Waals surface area (Å²) in [7, 11) is 0. The Bertz CT molecular complexity index is 120. The van der Waals surface area contributed by atoms with Crippen LogP contribution < -0.4 is 0 Å². The molecular weight excluding hydrogens is 168 g/mol. The Kier molecular flexibility index (Phi) is 3.59. The molecule has 1 rings (SSSR count). The van der Waals surface area contributed by atoms with Gasteiger partial charge >= 0.3 is 0 Å². The van der Waals surface area contributed by atoms with Crippen LogP contribution in [-0.4, -0.2) is 36.1 Å². The lowest BCUT2D eigenvalue weighted by Gasteiger charge is -2.10. The lowest BCUT2D eigenvalue weighted by molar-refractivity contribution is -0.137. The second kappa shape index (κ2) is 4.26. The van der Waals surface area contributed by atoms with E-state index in [4.69, 9.17) is 26.2 Å². The van der Waals surface area contributed by atoms with Crippen LogP contribution >= 0.6 is 11.6 Å². The van der Waals surface area contributed by atoms with Crippen molar-refractivity contribution >= 4 is 11.6 Å². The van der Waals surface area contributed by atoms with Crippen molar-refractivity contribution < 1.29 is 14.6 Å². The third kappa shape index (κ3) is 2.30. The molecule has 0 bridgehead atoms. The predicted octanol–water partition coefficient (Wildman–Crippen LogP) is 0.738. The topological polar surface area (TPSA) is 38.7 Å². The molecular formula is C7H13ClO3. The highest BCUT2D eigenvalue weighted by Crippen LogP contribution is 2.25. The molecule has 1 saturated heterocycles. The molecule has 4 heteroatoms. The van der Waals surface area contributed by atoms with E-state index in [-0.39, 0.29) is 24.4 Å². The van der Waals surface area contributed by atoms with Gasteiger partial charge in [-0.3, -0.25) is 0 Å². The Balaban J connectivity index is 2.30. The van der Waals surface area contributed by atoms with Gasteiger partial charge in [-0.05, 0) is 6.92 Å². The molecule has 0 saturated carbocycles. The number of hydrogen-bond donors (Lipinski definition) is 1. The van der Waals surface area contributed by atoms with Crippen molar-refractivity contribution in [3.05, 3.63) is 0 Å². The fraction of sp³-hybridized carbons (Fsp3) is 1.00. The van der Waals surface area contributed by atoms with Crippen molar-refractivity contribution in [2.45, 2.75) is 31.1 Å². The molecule has 0 radical (unpaired) electrons. The molecule has 3 atom stereocenters. The number of rotatable bonds is 3. The van der Waals surface area contributed by atoms with Gasteiger partial charge in [-0.1, -0.05) is 0 Å². The van der Waals surface area contributed by atoms with Gasteiger partial charge in [0.1, 0.15) is 6.10 Å². The Hall–Kier alpha value is 0.170. The quantitative estimate of drug-likeness (QED) is 0.652. The zero-order valence-corrected chi connectivity index (χ0v) is 7.25. The van der Waals surface area contributed by atoms with E-state index in [2.05, 4.69) is 0 Å². The van der Waals surface area contributed by atoms with Crippen LogP contribution in [-0.2, 0) is 9.47 Å². The minimum absolute atomic E-state index is 0.0300. The van der Waals surface area contributed by atoms with Crippen molar-refractivity contribution in [2.24, 2.45) is 0 Å². The van der Waals surface area contributed by atoms with Crippen molar-refractivity contribution in [3.63, 3.8) is 0 Å². The molecule has 1 aliphatic rings. The number of aliphatic hydroxyl groups is 1. The Morgan fingerprint density at radius 1 is 1.73 bits per heavy atom. The third-order valence-electron chi connectivity index (χ3n) is 1.68. The highest BCUT2D eigenvalue weighted by molar-refractivity contribution is 6.21. The Morgan fingerprint density at radius 3 is 2.91 bits per heavy atom. The van der Waals surface area contributed by atoms with Crippen LogP contribution in [0.1, 0.15) is 13.3 Å². The van der Waals surface area contributed by atoms with Crippen LogP contribution in [0.2, 0.25) is 0 Å². The summed E-state index contributed by atoms with van der Waals surface area (Å²) in [6, 6.07) is 0. The summed E-state index contributed by atoms with van der Waals surface area (Å²) in [5, 5.41) is 8.64. The summed E-state index contributed by atoms with van der Waals surface area (Å²) in [5.41, 5.74) is 0. The molecule has 66 valence electrons. The van der Waals surface area contributed by atoms with Crippen molar-refractivity contribution in [2.75, 3.05) is 13.2 Å². The third-order valence-corrected chi connectivity index (χ3v) is 2.14. The smallest absolute Gasteiger partial charge is 0.159 e. The van der Waals surface area contributed by atoms with Gasteiger partial charge in [-0.25, -0.2) is 0 Å². The molecule has 1 N–H and O–H groups in total. The second-order valence-electron chi connectivity index (χ2n) is 2.49. The Labute approximate surface area is 71.2 Å². The SMILES string of the molecule is CCOC1CC(Cl)C(CO)O1. The zero-order valence-electron chi connectivity index (χ0n) is 6.50. The first-order valence-electron chi connectivity index (χ1n) is 3.80. The van der Waals surface area contributed by atoms with E-state index in [1.165, 1.54) is 0 Å². The maximum absolute atomic E-state index is 8.76. The Morgan fingerprint density at radius 2 is 2.45 bits per heavy atom. The standard InChI is InChI=1S/C7H13ClO3/c1-2-10-7-3-5(8)6(4-9)11-7/h5-7,9H,2-4H2,1H3. The molecule has 0 spiro atoms. The minimum Gasteiger partial charge on any atom is -0.394 e. The highest BCUT2D eigenvalue weighted by Gasteiger charge is 2.33. The largest absolute Gasteiger partial charge is 0.394 e. The van der Waals surface area contributed by atoms with Gasteiger partial charge in [0.15, 0.2) is 6.29 Å². The van der Waals surface area contributed by atoms with E-state index in [1.807, 2.05) is 6.92 Å². The van der Waals surface area contributed by atoms with E-state index >= 15 is 0 Å². The van der Waals surface area contributed by atoms with E-state index in [0.717, 1.165) is 0 Å². The summed E-state index contributed by atoms with van der Waals surface area (Å²) < 4.78 is 10.4. The average molecular weight is 181 g/mol. The number of halogens is 1. The number of aliphatic hydroxyl groups excluding tert-OH is 1. The first-order chi connectivity index (χ1) is 5.27. The summed E-state index contributed by atoms with van der Waals surface area (Å²) in [6.45, 7) is 2.49. The van der Waals surface area contributed by atoms with Gasteiger partial charge in [0.25, 0.3) is 0 Å². The van der Waals surface area contributed by atoms with E-state index in [1.54, 1.807) is 0 Å². The van der Waals surface area contributed by atoms with Gasteiger partial charge in [0.2, 0.25) is 0 Å². The van der Waals surface area contributed by atoms with Crippen molar-refractivity contribution in [3.8, 4) is 0 Å². The lowest BCUT2D eigenvalue weighted by Crippen LogP contribution is -2.21. The van der Waals surface area contributed by atoms with Crippen LogP contribution in [0.25, 0.3) is 0 Å². The molecule has 1 heterocycles. The molecule has 0 aliphatic carbocycles. The molecule has 1 aliphatic heterocycles. The van der Waals surface area contributed by atoms with Gasteiger partial charge in [-0.2, -0.15) is 0 Å². The van der Waals surface area contributed by atoms with Gasteiger partial charge < -0.3 is 14.6 Å². The monoisotopic (exact) mass is 180 g/mol. The molecule has 3 nitrogen and oxygen atoms in total. The minimum atomic E-state index is -0.256. The molecule has 0 aromatic heterocycles. The summed E-state index contributed by atoms with van der Waals surface area (Å²) >= 11 is 5.84. The summed E-state index contributed by atoms with van der Waals surface area (Å²) in [4.78, 5) is 0. The van der Waals surface area contributed by atoms with Crippen LogP contribution in [0.5, 0.6) is 0 Å². The van der Waals surface area contributed by atoms with Crippen LogP contribution in [0, 0.1) is 0 Å². The lowest BCUT2D eigenvalue weighted by atomic mass is 10.2. The van der Waals surface area contributed by atoms with E-state index in [9.17, 15) is 0 Å². The number of ether oxygens (including phenoxy) is 2. The molecule has 0 aromatic rings. The first kappa shape index (κ1) is 9.26. The fourth-order valence-corrected chi connectivity index (χ4v) is 1.41. The van der Waals surface area contributed by atoms with Crippen LogP contribution in [0.3, 0.4) is 0 Å². The van der Waals surface area contributed by atoms with Crippen molar-refractivity contribution in [1.82, 2.24) is 0 Å². The van der Waals surface area contributed by atoms with Crippen molar-refractivity contribution in [1.29, 1.82) is 0 Å². The highest BCUT2D eigenvalue weighted by atomic mass is 35.5.